The molecule has 0 aliphatic carbocycles. The van der Waals surface area contributed by atoms with Crippen molar-refractivity contribution in [1.29, 1.82) is 0 Å². The lowest BCUT2D eigenvalue weighted by Gasteiger charge is -2.21. The fraction of sp³-hybridized carbons (Fsp3) is 0.333. The minimum Gasteiger partial charge on any atom is -0.350 e. The SMILES string of the molecule is Cc1ccc(-c2csc3nc(C[NH+]4CCC[C@@H]4c4cccn4C)[nH]c(=O)c23)s1. The van der Waals surface area contributed by atoms with Gasteiger partial charge in [-0.2, -0.15) is 0 Å². The highest BCUT2D eigenvalue weighted by molar-refractivity contribution is 7.19. The van der Waals surface area contributed by atoms with Crippen molar-refractivity contribution in [3.8, 4) is 10.4 Å². The van der Waals surface area contributed by atoms with Crippen molar-refractivity contribution in [3.63, 3.8) is 0 Å². The third-order valence-corrected chi connectivity index (χ3v) is 7.62. The number of nitrogens with zero attached hydrogens (tertiary/aromatic N) is 2. The van der Waals surface area contributed by atoms with Crippen LogP contribution >= 0.6 is 22.7 Å². The van der Waals surface area contributed by atoms with E-state index in [0.717, 1.165) is 39.6 Å². The average Bonchev–Trinajstić information content (AvgIpc) is 3.42. The van der Waals surface area contributed by atoms with Crippen LogP contribution in [0.15, 0.2) is 40.6 Å². The van der Waals surface area contributed by atoms with Crippen molar-refractivity contribution in [3.05, 3.63) is 62.6 Å². The van der Waals surface area contributed by atoms with E-state index in [1.165, 1.54) is 28.3 Å². The van der Waals surface area contributed by atoms with Gasteiger partial charge in [0, 0.05) is 46.8 Å². The fourth-order valence-corrected chi connectivity index (χ4v) is 6.29. The number of H-pyrrole nitrogens is 1. The highest BCUT2D eigenvalue weighted by Crippen LogP contribution is 2.35. The molecule has 5 rings (SSSR count). The largest absolute Gasteiger partial charge is 0.350 e. The van der Waals surface area contributed by atoms with Crippen molar-refractivity contribution in [1.82, 2.24) is 14.5 Å². The van der Waals surface area contributed by atoms with Gasteiger partial charge in [-0.25, -0.2) is 4.98 Å². The molecule has 0 bridgehead atoms. The first-order valence-corrected chi connectivity index (χ1v) is 11.3. The zero-order chi connectivity index (χ0) is 19.3. The molecule has 144 valence electrons. The van der Waals surface area contributed by atoms with Crippen LogP contribution in [0.5, 0.6) is 0 Å². The van der Waals surface area contributed by atoms with E-state index >= 15 is 0 Å². The molecule has 1 aliphatic heterocycles. The molecule has 4 aromatic heterocycles. The maximum atomic E-state index is 12.9. The Kier molecular flexibility index (Phi) is 4.45. The number of rotatable bonds is 4. The number of fused-ring (bicyclic) bond motifs is 1. The molecular weight excluding hydrogens is 388 g/mol. The second kappa shape index (κ2) is 6.99. The summed E-state index contributed by atoms with van der Waals surface area (Å²) in [7, 11) is 2.11. The number of aromatic amines is 1. The third-order valence-electron chi connectivity index (χ3n) is 5.72. The first kappa shape index (κ1) is 17.8. The lowest BCUT2D eigenvalue weighted by Crippen LogP contribution is -3.09. The van der Waals surface area contributed by atoms with Gasteiger partial charge >= 0.3 is 0 Å². The normalized spacial score (nSPS) is 19.6. The highest BCUT2D eigenvalue weighted by Gasteiger charge is 2.32. The summed E-state index contributed by atoms with van der Waals surface area (Å²) in [6.07, 6.45) is 4.50. The Morgan fingerprint density at radius 3 is 3.00 bits per heavy atom. The van der Waals surface area contributed by atoms with Gasteiger partial charge in [0.05, 0.1) is 17.6 Å². The second-order valence-corrected chi connectivity index (χ2v) is 9.72. The molecule has 5 nitrogen and oxygen atoms in total. The Labute approximate surface area is 171 Å². The number of hydrogen-bond acceptors (Lipinski definition) is 4. The summed E-state index contributed by atoms with van der Waals surface area (Å²) in [6.45, 7) is 3.96. The second-order valence-electron chi connectivity index (χ2n) is 7.58. The topological polar surface area (TPSA) is 55.1 Å². The summed E-state index contributed by atoms with van der Waals surface area (Å²) in [6, 6.07) is 8.98. The summed E-state index contributed by atoms with van der Waals surface area (Å²) in [4.78, 5) is 25.5. The summed E-state index contributed by atoms with van der Waals surface area (Å²) in [5.41, 5.74) is 2.35. The van der Waals surface area contributed by atoms with E-state index in [9.17, 15) is 4.79 Å². The van der Waals surface area contributed by atoms with E-state index in [-0.39, 0.29) is 5.56 Å². The van der Waals surface area contributed by atoms with Crippen molar-refractivity contribution in [2.45, 2.75) is 32.4 Å². The van der Waals surface area contributed by atoms with Crippen LogP contribution in [-0.2, 0) is 13.6 Å². The Morgan fingerprint density at radius 1 is 1.36 bits per heavy atom. The summed E-state index contributed by atoms with van der Waals surface area (Å²) >= 11 is 3.29. The number of hydrogen-bond donors (Lipinski definition) is 2. The smallest absolute Gasteiger partial charge is 0.260 e. The standard InChI is InChI=1S/C21H22N4OS2/c1-13-7-8-17(28-13)14-12-27-21-19(14)20(26)22-18(23-21)11-25-10-4-6-16(25)15-5-3-9-24(15)2/h3,5,7-9,12,16H,4,6,10-11H2,1-2H3,(H,22,23,26)/p+1/t16-/m1/s1. The number of thiophene rings is 2. The van der Waals surface area contributed by atoms with Gasteiger partial charge in [0.15, 0.2) is 5.82 Å². The number of quaternary nitrogens is 1. The number of aryl methyl sites for hydroxylation is 2. The zero-order valence-corrected chi connectivity index (χ0v) is 17.6. The van der Waals surface area contributed by atoms with Gasteiger partial charge in [-0.05, 0) is 31.2 Å². The summed E-state index contributed by atoms with van der Waals surface area (Å²) in [5.74, 6) is 0.796. The van der Waals surface area contributed by atoms with Crippen molar-refractivity contribution >= 4 is 32.9 Å². The van der Waals surface area contributed by atoms with Crippen molar-refractivity contribution < 1.29 is 4.90 Å². The van der Waals surface area contributed by atoms with Crippen LogP contribution in [0.4, 0.5) is 0 Å². The molecular formula is C21H23N4OS2+. The first-order valence-electron chi connectivity index (χ1n) is 9.63. The number of nitrogens with one attached hydrogen (secondary N) is 2. The quantitative estimate of drug-likeness (QED) is 0.541. The van der Waals surface area contributed by atoms with Gasteiger partial charge < -0.3 is 14.5 Å². The molecule has 1 saturated heterocycles. The minimum atomic E-state index is -0.0173. The van der Waals surface area contributed by atoms with Gasteiger partial charge in [-0.3, -0.25) is 4.79 Å². The molecule has 7 heteroatoms. The van der Waals surface area contributed by atoms with E-state index in [4.69, 9.17) is 4.98 Å². The van der Waals surface area contributed by atoms with Crippen LogP contribution in [0, 0.1) is 6.92 Å². The molecule has 2 N–H and O–H groups in total. The lowest BCUT2D eigenvalue weighted by molar-refractivity contribution is -0.933. The molecule has 1 fully saturated rings. The predicted octanol–water partition coefficient (Wildman–Crippen LogP) is 3.28. The summed E-state index contributed by atoms with van der Waals surface area (Å²) in [5, 5.41) is 2.79. The zero-order valence-electron chi connectivity index (χ0n) is 16.0. The molecule has 2 atom stereocenters. The lowest BCUT2D eigenvalue weighted by atomic mass is 10.1. The first-order chi connectivity index (χ1) is 13.6. The Bertz CT molecular complexity index is 1200. The van der Waals surface area contributed by atoms with E-state index in [0.29, 0.717) is 6.04 Å². The molecule has 1 unspecified atom stereocenters. The van der Waals surface area contributed by atoms with Crippen LogP contribution in [0.3, 0.4) is 0 Å². The van der Waals surface area contributed by atoms with Crippen LogP contribution < -0.4 is 10.5 Å². The molecule has 0 saturated carbocycles. The monoisotopic (exact) mass is 411 g/mol. The van der Waals surface area contributed by atoms with Gasteiger partial charge in [-0.1, -0.05) is 0 Å². The van der Waals surface area contributed by atoms with E-state index in [1.54, 1.807) is 22.7 Å². The highest BCUT2D eigenvalue weighted by atomic mass is 32.1. The van der Waals surface area contributed by atoms with Crippen LogP contribution in [-0.4, -0.2) is 21.1 Å². The van der Waals surface area contributed by atoms with E-state index < -0.39 is 0 Å². The van der Waals surface area contributed by atoms with E-state index in [2.05, 4.69) is 59.4 Å². The molecule has 0 aromatic carbocycles. The van der Waals surface area contributed by atoms with Crippen LogP contribution in [0.2, 0.25) is 0 Å². The Balaban J connectivity index is 1.47. The third kappa shape index (κ3) is 3.03. The molecule has 0 radical (unpaired) electrons. The van der Waals surface area contributed by atoms with Gasteiger partial charge in [0.25, 0.3) is 5.56 Å². The molecule has 28 heavy (non-hydrogen) atoms. The van der Waals surface area contributed by atoms with Gasteiger partial charge in [0.2, 0.25) is 0 Å². The number of aromatic nitrogens is 3. The van der Waals surface area contributed by atoms with Crippen molar-refractivity contribution in [2.75, 3.05) is 6.54 Å². The fourth-order valence-electron chi connectivity index (χ4n) is 4.37. The molecule has 0 spiro atoms. The van der Waals surface area contributed by atoms with Crippen molar-refractivity contribution in [2.24, 2.45) is 7.05 Å². The Hall–Kier alpha value is -2.22. The molecule has 4 aromatic rings. The van der Waals surface area contributed by atoms with Crippen LogP contribution in [0.1, 0.15) is 35.3 Å². The predicted molar refractivity (Wildman–Crippen MR) is 115 cm³/mol. The molecule has 0 amide bonds. The van der Waals surface area contributed by atoms with Crippen LogP contribution in [0.25, 0.3) is 20.7 Å². The van der Waals surface area contributed by atoms with Gasteiger partial charge in [0.1, 0.15) is 17.4 Å². The summed E-state index contributed by atoms with van der Waals surface area (Å²) < 4.78 is 2.21. The maximum Gasteiger partial charge on any atom is 0.260 e. The van der Waals surface area contributed by atoms with E-state index in [1.807, 2.05) is 0 Å². The van der Waals surface area contributed by atoms with Gasteiger partial charge in [-0.15, -0.1) is 22.7 Å². The maximum absolute atomic E-state index is 12.9. The average molecular weight is 412 g/mol. The molecule has 5 heterocycles. The minimum absolute atomic E-state index is 0.0173. The Morgan fingerprint density at radius 2 is 2.25 bits per heavy atom. The number of likely N-dealkylation sites (tertiary alicyclic amines) is 1. The molecule has 1 aliphatic rings.